The molecular weight excluding hydrogens is 430 g/mol. The fraction of sp³-hybridized carbons (Fsp3) is 0.346. The first-order valence-corrected chi connectivity index (χ1v) is 11.6. The summed E-state index contributed by atoms with van der Waals surface area (Å²) in [6.45, 7) is 6.63. The molecule has 2 heterocycles. The third-order valence-corrected chi connectivity index (χ3v) is 6.17. The van der Waals surface area contributed by atoms with E-state index in [0.29, 0.717) is 6.54 Å². The fourth-order valence-electron chi connectivity index (χ4n) is 4.55. The summed E-state index contributed by atoms with van der Waals surface area (Å²) in [4.78, 5) is 45.0. The molecule has 8 heteroatoms. The maximum atomic E-state index is 13.6. The lowest BCUT2D eigenvalue weighted by atomic mass is 10.1. The summed E-state index contributed by atoms with van der Waals surface area (Å²) >= 11 is 0. The molecule has 2 aromatic carbocycles. The van der Waals surface area contributed by atoms with Gasteiger partial charge in [0.25, 0.3) is 5.56 Å². The van der Waals surface area contributed by atoms with Crippen molar-refractivity contribution in [3.8, 4) is 0 Å². The van der Waals surface area contributed by atoms with Crippen LogP contribution in [-0.4, -0.2) is 34.6 Å². The van der Waals surface area contributed by atoms with E-state index in [4.69, 9.17) is 5.73 Å². The Morgan fingerprint density at radius 3 is 2.50 bits per heavy atom. The molecule has 1 aromatic heterocycles. The van der Waals surface area contributed by atoms with Gasteiger partial charge in [-0.1, -0.05) is 62.4 Å². The zero-order valence-corrected chi connectivity index (χ0v) is 19.8. The minimum Gasteiger partial charge on any atom is -0.383 e. The van der Waals surface area contributed by atoms with Gasteiger partial charge >= 0.3 is 5.69 Å². The topological polar surface area (TPSA) is 104 Å². The van der Waals surface area contributed by atoms with Crippen LogP contribution in [0.25, 0.3) is 0 Å². The molecule has 0 radical (unpaired) electrons. The van der Waals surface area contributed by atoms with Crippen LogP contribution in [0.15, 0.2) is 64.2 Å². The molecule has 1 aliphatic rings. The lowest BCUT2D eigenvalue weighted by Crippen LogP contribution is -2.47. The van der Waals surface area contributed by atoms with E-state index in [1.54, 1.807) is 0 Å². The summed E-state index contributed by atoms with van der Waals surface area (Å²) in [7, 11) is 0. The molecule has 34 heavy (non-hydrogen) atoms. The van der Waals surface area contributed by atoms with Crippen LogP contribution in [0.1, 0.15) is 31.9 Å². The van der Waals surface area contributed by atoms with E-state index in [2.05, 4.69) is 22.9 Å². The Morgan fingerprint density at radius 2 is 1.79 bits per heavy atom. The molecule has 0 bridgehead atoms. The van der Waals surface area contributed by atoms with Crippen molar-refractivity contribution in [3.05, 3.63) is 86.6 Å². The van der Waals surface area contributed by atoms with Crippen molar-refractivity contribution >= 4 is 23.1 Å². The second kappa shape index (κ2) is 9.59. The summed E-state index contributed by atoms with van der Waals surface area (Å²) < 4.78 is 1.31. The van der Waals surface area contributed by atoms with Gasteiger partial charge in [0.05, 0.1) is 13.1 Å². The molecule has 178 valence electrons. The second-order valence-electron chi connectivity index (χ2n) is 9.27. The molecule has 0 unspecified atom stereocenters. The van der Waals surface area contributed by atoms with Gasteiger partial charge in [0.2, 0.25) is 5.91 Å². The third kappa shape index (κ3) is 4.62. The number of anilines is 3. The maximum Gasteiger partial charge on any atom is 0.330 e. The Kier molecular flexibility index (Phi) is 6.58. The molecular formula is C26H31N5O3. The zero-order valence-electron chi connectivity index (χ0n) is 19.8. The van der Waals surface area contributed by atoms with Crippen LogP contribution in [-0.2, 0) is 17.8 Å². The van der Waals surface area contributed by atoms with Crippen LogP contribution >= 0.6 is 0 Å². The molecule has 1 atom stereocenters. The van der Waals surface area contributed by atoms with Crippen molar-refractivity contribution in [1.82, 2.24) is 9.55 Å². The monoisotopic (exact) mass is 461 g/mol. The van der Waals surface area contributed by atoms with Crippen molar-refractivity contribution in [2.75, 3.05) is 28.6 Å². The van der Waals surface area contributed by atoms with E-state index in [1.807, 2.05) is 62.4 Å². The van der Waals surface area contributed by atoms with Crippen molar-refractivity contribution in [3.63, 3.8) is 0 Å². The van der Waals surface area contributed by atoms with Crippen LogP contribution < -0.4 is 26.8 Å². The number of hydrogen-bond acceptors (Lipinski definition) is 5. The summed E-state index contributed by atoms with van der Waals surface area (Å²) in [6, 6.07) is 17.6. The van der Waals surface area contributed by atoms with Gasteiger partial charge in [-0.3, -0.25) is 19.1 Å². The predicted octanol–water partition coefficient (Wildman–Crippen LogP) is 2.61. The number of fused-ring (bicyclic) bond motifs is 1. The standard InChI is InChI=1S/C26H31N5O3/c1-17(2)14-30(22(32)16-29-18(3)13-20-11-7-8-12-21(20)29)23-24(27)31(26(34)28-25(23)33)15-19-9-5-4-6-10-19/h4-12,17-18H,13-16,27H2,1-3H3,(H,28,33,34)/t18-/m0/s1. The number of aromatic amines is 1. The summed E-state index contributed by atoms with van der Waals surface area (Å²) in [5.74, 6) is -0.165. The second-order valence-corrected chi connectivity index (χ2v) is 9.27. The smallest absolute Gasteiger partial charge is 0.330 e. The van der Waals surface area contributed by atoms with Gasteiger partial charge in [-0.05, 0) is 36.5 Å². The third-order valence-electron chi connectivity index (χ3n) is 6.17. The first-order chi connectivity index (χ1) is 16.3. The largest absolute Gasteiger partial charge is 0.383 e. The van der Waals surface area contributed by atoms with E-state index >= 15 is 0 Å². The van der Waals surface area contributed by atoms with Gasteiger partial charge in [0, 0.05) is 18.3 Å². The number of hydrogen-bond donors (Lipinski definition) is 2. The number of nitrogens with zero attached hydrogens (tertiary/aromatic N) is 3. The minimum absolute atomic E-state index is 0.0125. The number of para-hydroxylation sites is 1. The average Bonchev–Trinajstić information content (AvgIpc) is 3.11. The zero-order chi connectivity index (χ0) is 24.4. The van der Waals surface area contributed by atoms with Gasteiger partial charge in [0.15, 0.2) is 5.69 Å². The molecule has 0 fully saturated rings. The fourth-order valence-corrected chi connectivity index (χ4v) is 4.55. The lowest BCUT2D eigenvalue weighted by Gasteiger charge is -2.30. The summed E-state index contributed by atoms with van der Waals surface area (Å²) in [5, 5.41) is 0. The molecule has 1 aliphatic heterocycles. The van der Waals surface area contributed by atoms with E-state index < -0.39 is 11.2 Å². The Morgan fingerprint density at radius 1 is 1.12 bits per heavy atom. The highest BCUT2D eigenvalue weighted by Gasteiger charge is 2.31. The molecule has 4 rings (SSSR count). The predicted molar refractivity (Wildman–Crippen MR) is 135 cm³/mol. The Labute approximate surface area is 198 Å². The minimum atomic E-state index is -0.657. The highest BCUT2D eigenvalue weighted by Crippen LogP contribution is 2.32. The van der Waals surface area contributed by atoms with E-state index in [-0.39, 0.29) is 42.5 Å². The molecule has 0 saturated heterocycles. The number of benzene rings is 2. The van der Waals surface area contributed by atoms with Gasteiger partial charge in [-0.15, -0.1) is 0 Å². The van der Waals surface area contributed by atoms with Crippen LogP contribution in [0, 0.1) is 5.92 Å². The number of carbonyl (C=O) groups is 1. The van der Waals surface area contributed by atoms with Gasteiger partial charge in [-0.25, -0.2) is 4.79 Å². The molecule has 3 aromatic rings. The van der Waals surface area contributed by atoms with Crippen LogP contribution in [0.5, 0.6) is 0 Å². The number of nitrogen functional groups attached to an aromatic ring is 1. The Bertz CT molecular complexity index is 1300. The Hall–Kier alpha value is -3.81. The van der Waals surface area contributed by atoms with Crippen molar-refractivity contribution < 1.29 is 4.79 Å². The lowest BCUT2D eigenvalue weighted by molar-refractivity contribution is -0.117. The number of amides is 1. The van der Waals surface area contributed by atoms with E-state index in [9.17, 15) is 14.4 Å². The number of carbonyl (C=O) groups excluding carboxylic acids is 1. The maximum absolute atomic E-state index is 13.6. The SMILES string of the molecule is CC(C)CN(C(=O)CN1c2ccccc2C[C@@H]1C)c1c(N)n(Cc2ccccc2)c(=O)[nH]c1=O. The highest BCUT2D eigenvalue weighted by molar-refractivity contribution is 5.98. The Balaban J connectivity index is 1.71. The number of aromatic nitrogens is 2. The van der Waals surface area contributed by atoms with Crippen molar-refractivity contribution in [2.45, 2.75) is 39.8 Å². The molecule has 0 spiro atoms. The first-order valence-electron chi connectivity index (χ1n) is 11.6. The first kappa shape index (κ1) is 23.4. The molecule has 0 saturated carbocycles. The summed E-state index contributed by atoms with van der Waals surface area (Å²) in [5.41, 5.74) is 8.25. The van der Waals surface area contributed by atoms with Crippen LogP contribution in [0.2, 0.25) is 0 Å². The quantitative estimate of drug-likeness (QED) is 0.563. The molecule has 1 amide bonds. The average molecular weight is 462 g/mol. The van der Waals surface area contributed by atoms with Gasteiger partial charge in [-0.2, -0.15) is 0 Å². The normalized spacial score (nSPS) is 14.9. The molecule has 0 aliphatic carbocycles. The van der Waals surface area contributed by atoms with E-state index in [1.165, 1.54) is 15.0 Å². The summed E-state index contributed by atoms with van der Waals surface area (Å²) in [6.07, 6.45) is 0.859. The van der Waals surface area contributed by atoms with Crippen molar-refractivity contribution in [1.29, 1.82) is 0 Å². The van der Waals surface area contributed by atoms with Crippen LogP contribution in [0.3, 0.4) is 0 Å². The van der Waals surface area contributed by atoms with Gasteiger partial charge < -0.3 is 15.5 Å². The van der Waals surface area contributed by atoms with Gasteiger partial charge in [0.1, 0.15) is 5.82 Å². The number of rotatable bonds is 7. The van der Waals surface area contributed by atoms with E-state index in [0.717, 1.165) is 17.7 Å². The van der Waals surface area contributed by atoms with Crippen LogP contribution in [0.4, 0.5) is 17.2 Å². The van der Waals surface area contributed by atoms with Crippen molar-refractivity contribution in [2.24, 2.45) is 5.92 Å². The number of nitrogens with one attached hydrogen (secondary N) is 1. The highest BCUT2D eigenvalue weighted by atomic mass is 16.2. The number of H-pyrrole nitrogens is 1. The molecule has 3 N–H and O–H groups in total. The molecule has 8 nitrogen and oxygen atoms in total. The number of nitrogens with two attached hydrogens (primary N) is 1.